The fourth-order valence-corrected chi connectivity index (χ4v) is 3.82. The van der Waals surface area contributed by atoms with Crippen molar-refractivity contribution in [1.29, 1.82) is 0 Å². The third kappa shape index (κ3) is 6.43. The van der Waals surface area contributed by atoms with Gasteiger partial charge in [-0.25, -0.2) is 0 Å². The zero-order chi connectivity index (χ0) is 19.8. The number of allylic oxidation sites excluding steroid dienone is 1. The molecule has 1 N–H and O–H groups in total. The predicted octanol–water partition coefficient (Wildman–Crippen LogP) is 2.14. The number of ether oxygens (including phenoxy) is 1. The number of amides is 2. The highest BCUT2D eigenvalue weighted by Gasteiger charge is 2.46. The predicted molar refractivity (Wildman–Crippen MR) is 106 cm³/mol. The van der Waals surface area contributed by atoms with Crippen molar-refractivity contribution in [2.75, 3.05) is 19.4 Å². The summed E-state index contributed by atoms with van der Waals surface area (Å²) in [6.07, 6.45) is 2.36. The van der Waals surface area contributed by atoms with E-state index < -0.39 is 6.04 Å². The molecule has 0 spiro atoms. The van der Waals surface area contributed by atoms with E-state index in [9.17, 15) is 14.4 Å². The Bertz CT molecular complexity index is 701. The van der Waals surface area contributed by atoms with E-state index in [1.165, 1.54) is 11.8 Å². The van der Waals surface area contributed by atoms with Crippen molar-refractivity contribution in [1.82, 2.24) is 10.2 Å². The molecule has 2 unspecified atom stereocenters. The first kappa shape index (κ1) is 21.0. The molecule has 0 saturated carbocycles. The number of benzene rings is 1. The highest BCUT2D eigenvalue weighted by molar-refractivity contribution is 8.00. The number of likely N-dealkylation sites (N-methyl/N-ethyl adjacent to an activating group) is 1. The van der Waals surface area contributed by atoms with Crippen LogP contribution in [0.15, 0.2) is 42.0 Å². The van der Waals surface area contributed by atoms with Gasteiger partial charge in [0, 0.05) is 12.8 Å². The molecular formula is C20H26N2O4S. The summed E-state index contributed by atoms with van der Waals surface area (Å²) in [6, 6.07) is 8.85. The summed E-state index contributed by atoms with van der Waals surface area (Å²) in [7, 11) is 1.70. The molecule has 1 aliphatic heterocycles. The van der Waals surface area contributed by atoms with Gasteiger partial charge in [-0.1, -0.05) is 35.9 Å². The monoisotopic (exact) mass is 390 g/mol. The number of β-lactam (4-membered cyclic amide) rings is 1. The summed E-state index contributed by atoms with van der Waals surface area (Å²) in [4.78, 5) is 37.6. The smallest absolute Gasteiger partial charge is 0.306 e. The summed E-state index contributed by atoms with van der Waals surface area (Å²) in [5.74, 6) is -0.0292. The summed E-state index contributed by atoms with van der Waals surface area (Å²) in [6.45, 7) is 4.17. The number of thioether (sulfide) groups is 1. The van der Waals surface area contributed by atoms with E-state index >= 15 is 0 Å². The maximum atomic E-state index is 12.2. The van der Waals surface area contributed by atoms with E-state index in [4.69, 9.17) is 4.74 Å². The molecule has 1 fully saturated rings. The minimum Gasteiger partial charge on any atom is -0.461 e. The van der Waals surface area contributed by atoms with Gasteiger partial charge in [0.15, 0.2) is 0 Å². The van der Waals surface area contributed by atoms with Crippen LogP contribution in [0.5, 0.6) is 0 Å². The Balaban J connectivity index is 1.75. The molecule has 2 rings (SSSR count). The molecule has 2 atom stereocenters. The van der Waals surface area contributed by atoms with Gasteiger partial charge < -0.3 is 15.0 Å². The van der Waals surface area contributed by atoms with Gasteiger partial charge in [-0.2, -0.15) is 0 Å². The van der Waals surface area contributed by atoms with Crippen molar-refractivity contribution in [3.8, 4) is 0 Å². The second kappa shape index (κ2) is 10.2. The van der Waals surface area contributed by atoms with Crippen LogP contribution < -0.4 is 5.32 Å². The molecular weight excluding hydrogens is 364 g/mol. The fraction of sp³-hybridized carbons (Fsp3) is 0.450. The average Bonchev–Trinajstić information content (AvgIpc) is 2.64. The molecule has 1 aliphatic rings. The Labute approximate surface area is 164 Å². The number of carbonyl (C=O) groups excluding carboxylic acids is 3. The number of hydrogen-bond donors (Lipinski definition) is 1. The number of hydrogen-bond acceptors (Lipinski definition) is 5. The number of esters is 1. The Morgan fingerprint density at radius 3 is 2.63 bits per heavy atom. The van der Waals surface area contributed by atoms with Gasteiger partial charge in [0.2, 0.25) is 11.8 Å². The van der Waals surface area contributed by atoms with Gasteiger partial charge in [-0.15, -0.1) is 11.8 Å². The first-order valence-corrected chi connectivity index (χ1v) is 9.94. The lowest BCUT2D eigenvalue weighted by Crippen LogP contribution is -2.68. The van der Waals surface area contributed by atoms with Gasteiger partial charge in [0.25, 0.3) is 0 Å². The molecule has 7 heteroatoms. The number of nitrogens with one attached hydrogen (secondary N) is 1. The first-order valence-electron chi connectivity index (χ1n) is 8.89. The van der Waals surface area contributed by atoms with Crippen LogP contribution in [0.1, 0.15) is 25.8 Å². The number of likely N-dealkylation sites (tertiary alicyclic amines) is 1. The van der Waals surface area contributed by atoms with Crippen molar-refractivity contribution in [2.24, 2.45) is 0 Å². The van der Waals surface area contributed by atoms with Gasteiger partial charge in [-0.05, 0) is 25.5 Å². The molecule has 1 aromatic carbocycles. The largest absolute Gasteiger partial charge is 0.461 e. The molecule has 0 bridgehead atoms. The number of rotatable bonds is 9. The Kier molecular flexibility index (Phi) is 7.91. The van der Waals surface area contributed by atoms with Crippen LogP contribution in [-0.4, -0.2) is 53.5 Å². The molecule has 0 aliphatic carbocycles. The summed E-state index contributed by atoms with van der Waals surface area (Å²) < 4.78 is 5.11. The van der Waals surface area contributed by atoms with Crippen LogP contribution in [-0.2, 0) is 25.5 Å². The molecule has 1 saturated heterocycles. The minimum atomic E-state index is -0.544. The SMILES string of the molecule is CC(C)=CCOC(=O)CCSC1C(NC(=O)Cc2ccccc2)C(=O)N1C. The third-order valence-corrected chi connectivity index (χ3v) is 5.50. The van der Waals surface area contributed by atoms with E-state index in [-0.39, 0.29) is 42.6 Å². The van der Waals surface area contributed by atoms with Crippen molar-refractivity contribution in [3.63, 3.8) is 0 Å². The lowest BCUT2D eigenvalue weighted by molar-refractivity contribution is -0.146. The lowest BCUT2D eigenvalue weighted by Gasteiger charge is -2.44. The van der Waals surface area contributed by atoms with Crippen LogP contribution in [0.2, 0.25) is 0 Å². The Morgan fingerprint density at radius 1 is 1.26 bits per heavy atom. The van der Waals surface area contributed by atoms with Crippen LogP contribution in [0.25, 0.3) is 0 Å². The zero-order valence-corrected chi connectivity index (χ0v) is 16.8. The van der Waals surface area contributed by atoms with Gasteiger partial charge in [0.05, 0.1) is 12.8 Å². The summed E-state index contributed by atoms with van der Waals surface area (Å²) >= 11 is 1.47. The van der Waals surface area contributed by atoms with Gasteiger partial charge in [-0.3, -0.25) is 14.4 Å². The van der Waals surface area contributed by atoms with Crippen LogP contribution in [0.3, 0.4) is 0 Å². The number of nitrogens with zero attached hydrogens (tertiary/aromatic N) is 1. The third-order valence-electron chi connectivity index (χ3n) is 4.14. The molecule has 1 aromatic rings. The minimum absolute atomic E-state index is 0.111. The van der Waals surface area contributed by atoms with E-state index in [0.717, 1.165) is 11.1 Å². The topological polar surface area (TPSA) is 75.7 Å². The van der Waals surface area contributed by atoms with Crippen molar-refractivity contribution in [2.45, 2.75) is 38.1 Å². The maximum absolute atomic E-state index is 12.2. The molecule has 1 heterocycles. The van der Waals surface area contributed by atoms with Crippen LogP contribution in [0, 0.1) is 0 Å². The highest BCUT2D eigenvalue weighted by Crippen LogP contribution is 2.29. The highest BCUT2D eigenvalue weighted by atomic mass is 32.2. The second-order valence-electron chi connectivity index (χ2n) is 6.63. The van der Waals surface area contributed by atoms with Crippen LogP contribution in [0.4, 0.5) is 0 Å². The normalized spacial score (nSPS) is 18.5. The maximum Gasteiger partial charge on any atom is 0.306 e. The summed E-state index contributed by atoms with van der Waals surface area (Å²) in [5, 5.41) is 2.64. The average molecular weight is 391 g/mol. The second-order valence-corrected chi connectivity index (χ2v) is 7.86. The molecule has 0 radical (unpaired) electrons. The number of carbonyl (C=O) groups is 3. The van der Waals surface area contributed by atoms with Crippen molar-refractivity contribution in [3.05, 3.63) is 47.5 Å². The molecule has 27 heavy (non-hydrogen) atoms. The molecule has 2 amide bonds. The zero-order valence-electron chi connectivity index (χ0n) is 15.9. The Hall–Kier alpha value is -2.28. The Morgan fingerprint density at radius 2 is 1.96 bits per heavy atom. The lowest BCUT2D eigenvalue weighted by atomic mass is 10.1. The first-order chi connectivity index (χ1) is 12.9. The van der Waals surface area contributed by atoms with E-state index in [1.54, 1.807) is 11.9 Å². The van der Waals surface area contributed by atoms with E-state index in [0.29, 0.717) is 5.75 Å². The van der Waals surface area contributed by atoms with Crippen molar-refractivity contribution < 1.29 is 19.1 Å². The van der Waals surface area contributed by atoms with Crippen LogP contribution >= 0.6 is 11.8 Å². The van der Waals surface area contributed by atoms with Gasteiger partial charge in [0.1, 0.15) is 18.0 Å². The molecule has 6 nitrogen and oxygen atoms in total. The molecule has 146 valence electrons. The van der Waals surface area contributed by atoms with E-state index in [2.05, 4.69) is 5.32 Å². The van der Waals surface area contributed by atoms with Gasteiger partial charge >= 0.3 is 5.97 Å². The summed E-state index contributed by atoms with van der Waals surface area (Å²) in [5.41, 5.74) is 2.00. The van der Waals surface area contributed by atoms with E-state index in [1.807, 2.05) is 50.3 Å². The standard InChI is InChI=1S/C20H26N2O4S/c1-14(2)9-11-26-17(24)10-12-27-20-18(19(25)22(20)3)21-16(23)13-15-7-5-4-6-8-15/h4-9,18,20H,10-13H2,1-3H3,(H,21,23). The quantitative estimate of drug-likeness (QED) is 0.397. The molecule has 0 aromatic heterocycles. The fourth-order valence-electron chi connectivity index (χ4n) is 2.59. The van der Waals surface area contributed by atoms with Crippen molar-refractivity contribution >= 4 is 29.5 Å².